The van der Waals surface area contributed by atoms with Crippen LogP contribution >= 0.6 is 11.8 Å². The molecule has 0 N–H and O–H groups in total. The molecule has 0 radical (unpaired) electrons. The number of pyridine rings is 1. The first kappa shape index (κ1) is 19.0. The summed E-state index contributed by atoms with van der Waals surface area (Å²) in [5.74, 6) is 1.11. The van der Waals surface area contributed by atoms with E-state index in [1.54, 1.807) is 11.8 Å². The molecule has 144 valence electrons. The van der Waals surface area contributed by atoms with E-state index < -0.39 is 0 Å². The molecule has 1 aromatic heterocycles. The standard InChI is InChI=1S/C24H27N3S/c1-19-17-24(25-23-11-10-21(28-2)18-22(19)23)27-15-13-26(14-16-27)12-6-9-20-7-4-3-5-8-20/h3-11,17-18H,12-16H2,1-2H3/b9-6+. The van der Waals surface area contributed by atoms with Gasteiger partial charge in [-0.3, -0.25) is 4.90 Å². The minimum atomic E-state index is 1.00. The fraction of sp³-hybridized carbons (Fsp3) is 0.292. The van der Waals surface area contributed by atoms with Crippen LogP contribution in [0.1, 0.15) is 11.1 Å². The van der Waals surface area contributed by atoms with Crippen molar-refractivity contribution in [2.24, 2.45) is 0 Å². The number of rotatable bonds is 5. The van der Waals surface area contributed by atoms with Crippen LogP contribution in [0.25, 0.3) is 17.0 Å². The highest BCUT2D eigenvalue weighted by Gasteiger charge is 2.18. The summed E-state index contributed by atoms with van der Waals surface area (Å²) in [6, 6.07) is 19.3. The average molecular weight is 390 g/mol. The Kier molecular flexibility index (Phi) is 5.98. The first-order valence-electron chi connectivity index (χ1n) is 9.87. The SMILES string of the molecule is CSc1ccc2nc(N3CCN(C/C=C/c4ccccc4)CC3)cc(C)c2c1. The molecule has 0 atom stereocenters. The fourth-order valence-corrected chi connectivity index (χ4v) is 4.15. The molecule has 3 aromatic rings. The normalized spacial score (nSPS) is 15.6. The maximum absolute atomic E-state index is 4.95. The number of anilines is 1. The molecule has 0 bridgehead atoms. The molecule has 0 aliphatic carbocycles. The second-order valence-electron chi connectivity index (χ2n) is 7.28. The smallest absolute Gasteiger partial charge is 0.129 e. The molecular weight excluding hydrogens is 362 g/mol. The summed E-state index contributed by atoms with van der Waals surface area (Å²) >= 11 is 1.78. The van der Waals surface area contributed by atoms with Crippen molar-refractivity contribution < 1.29 is 0 Å². The molecule has 1 aliphatic heterocycles. The van der Waals surface area contributed by atoms with E-state index >= 15 is 0 Å². The summed E-state index contributed by atoms with van der Waals surface area (Å²) in [7, 11) is 0. The van der Waals surface area contributed by atoms with Crippen LogP contribution in [-0.2, 0) is 0 Å². The molecule has 0 spiro atoms. The summed E-state index contributed by atoms with van der Waals surface area (Å²) in [6.45, 7) is 7.40. The molecule has 1 fully saturated rings. The summed E-state index contributed by atoms with van der Waals surface area (Å²) in [5.41, 5.74) is 3.67. The molecule has 2 heterocycles. The maximum Gasteiger partial charge on any atom is 0.129 e. The largest absolute Gasteiger partial charge is 0.354 e. The molecule has 0 amide bonds. The highest BCUT2D eigenvalue weighted by atomic mass is 32.2. The molecule has 1 aliphatic rings. The summed E-state index contributed by atoms with van der Waals surface area (Å²) in [4.78, 5) is 11.2. The van der Waals surface area contributed by atoms with Crippen molar-refractivity contribution in [2.45, 2.75) is 11.8 Å². The second-order valence-corrected chi connectivity index (χ2v) is 8.16. The van der Waals surface area contributed by atoms with Gasteiger partial charge in [0.25, 0.3) is 0 Å². The van der Waals surface area contributed by atoms with Crippen molar-refractivity contribution in [3.8, 4) is 0 Å². The number of piperazine rings is 1. The maximum atomic E-state index is 4.95. The van der Waals surface area contributed by atoms with Gasteiger partial charge in [-0.05, 0) is 48.6 Å². The Balaban J connectivity index is 1.39. The number of fused-ring (bicyclic) bond motifs is 1. The van der Waals surface area contributed by atoms with Crippen molar-refractivity contribution >= 4 is 34.6 Å². The van der Waals surface area contributed by atoms with Gasteiger partial charge >= 0.3 is 0 Å². The van der Waals surface area contributed by atoms with Crippen LogP contribution in [0.15, 0.2) is 65.6 Å². The van der Waals surface area contributed by atoms with Crippen LogP contribution in [-0.4, -0.2) is 48.9 Å². The van der Waals surface area contributed by atoms with Crippen LogP contribution in [0, 0.1) is 6.92 Å². The Morgan fingerprint density at radius 3 is 2.54 bits per heavy atom. The lowest BCUT2D eigenvalue weighted by atomic mass is 10.1. The third-order valence-electron chi connectivity index (χ3n) is 5.38. The fourth-order valence-electron chi connectivity index (χ4n) is 3.71. The van der Waals surface area contributed by atoms with E-state index in [2.05, 4.69) is 89.7 Å². The molecule has 4 heteroatoms. The molecular formula is C24H27N3S. The Morgan fingerprint density at radius 1 is 1.00 bits per heavy atom. The lowest BCUT2D eigenvalue weighted by Gasteiger charge is -2.35. The number of hydrogen-bond donors (Lipinski definition) is 0. The second kappa shape index (κ2) is 8.80. The number of aromatic nitrogens is 1. The van der Waals surface area contributed by atoms with Crippen molar-refractivity contribution in [1.82, 2.24) is 9.88 Å². The Bertz CT molecular complexity index is 960. The topological polar surface area (TPSA) is 19.4 Å². The zero-order valence-electron chi connectivity index (χ0n) is 16.6. The lowest BCUT2D eigenvalue weighted by Crippen LogP contribution is -2.46. The molecule has 3 nitrogen and oxygen atoms in total. The van der Waals surface area contributed by atoms with Crippen molar-refractivity contribution in [3.63, 3.8) is 0 Å². The highest BCUT2D eigenvalue weighted by Crippen LogP contribution is 2.27. The highest BCUT2D eigenvalue weighted by molar-refractivity contribution is 7.98. The van der Waals surface area contributed by atoms with Crippen molar-refractivity contribution in [3.05, 3.63) is 71.8 Å². The molecule has 1 saturated heterocycles. The molecule has 0 unspecified atom stereocenters. The quantitative estimate of drug-likeness (QED) is 0.565. The van der Waals surface area contributed by atoms with E-state index in [1.165, 1.54) is 21.4 Å². The monoisotopic (exact) mass is 389 g/mol. The van der Waals surface area contributed by atoms with Gasteiger partial charge in [0.2, 0.25) is 0 Å². The van der Waals surface area contributed by atoms with Gasteiger partial charge in [0, 0.05) is 43.0 Å². The number of benzene rings is 2. The summed E-state index contributed by atoms with van der Waals surface area (Å²) in [6.07, 6.45) is 6.60. The Morgan fingerprint density at radius 2 is 1.79 bits per heavy atom. The minimum Gasteiger partial charge on any atom is -0.354 e. The molecule has 2 aromatic carbocycles. The Labute approximate surface area is 172 Å². The van der Waals surface area contributed by atoms with Crippen LogP contribution in [0.3, 0.4) is 0 Å². The van der Waals surface area contributed by atoms with Crippen LogP contribution in [0.4, 0.5) is 5.82 Å². The molecule has 28 heavy (non-hydrogen) atoms. The lowest BCUT2D eigenvalue weighted by molar-refractivity contribution is 0.284. The zero-order valence-corrected chi connectivity index (χ0v) is 17.5. The van der Waals surface area contributed by atoms with E-state index in [9.17, 15) is 0 Å². The van der Waals surface area contributed by atoms with Crippen LogP contribution in [0.2, 0.25) is 0 Å². The van der Waals surface area contributed by atoms with Gasteiger partial charge in [-0.1, -0.05) is 42.5 Å². The van der Waals surface area contributed by atoms with Crippen molar-refractivity contribution in [2.75, 3.05) is 43.9 Å². The van der Waals surface area contributed by atoms with E-state index in [0.29, 0.717) is 0 Å². The van der Waals surface area contributed by atoms with E-state index in [4.69, 9.17) is 4.98 Å². The van der Waals surface area contributed by atoms with Crippen LogP contribution < -0.4 is 4.90 Å². The third-order valence-corrected chi connectivity index (χ3v) is 6.10. The molecule has 4 rings (SSSR count). The predicted molar refractivity (Wildman–Crippen MR) is 122 cm³/mol. The number of thioether (sulfide) groups is 1. The third kappa shape index (κ3) is 4.40. The first-order chi connectivity index (χ1) is 13.7. The van der Waals surface area contributed by atoms with Gasteiger partial charge in [-0.2, -0.15) is 0 Å². The van der Waals surface area contributed by atoms with Gasteiger partial charge in [0.15, 0.2) is 0 Å². The van der Waals surface area contributed by atoms with E-state index in [1.807, 2.05) is 0 Å². The van der Waals surface area contributed by atoms with E-state index in [0.717, 1.165) is 44.1 Å². The van der Waals surface area contributed by atoms with Gasteiger partial charge in [-0.15, -0.1) is 11.8 Å². The Hall–Kier alpha value is -2.30. The van der Waals surface area contributed by atoms with Gasteiger partial charge in [0.1, 0.15) is 5.82 Å². The molecule has 0 saturated carbocycles. The first-order valence-corrected chi connectivity index (χ1v) is 11.1. The minimum absolute atomic E-state index is 1.00. The van der Waals surface area contributed by atoms with Gasteiger partial charge < -0.3 is 4.90 Å². The number of aryl methyl sites for hydroxylation is 1. The van der Waals surface area contributed by atoms with E-state index in [-0.39, 0.29) is 0 Å². The zero-order chi connectivity index (χ0) is 19.3. The van der Waals surface area contributed by atoms with Crippen molar-refractivity contribution in [1.29, 1.82) is 0 Å². The summed E-state index contributed by atoms with van der Waals surface area (Å²) in [5, 5.41) is 1.26. The average Bonchev–Trinajstić information content (AvgIpc) is 2.75. The van der Waals surface area contributed by atoms with Gasteiger partial charge in [-0.25, -0.2) is 4.98 Å². The van der Waals surface area contributed by atoms with Gasteiger partial charge in [0.05, 0.1) is 5.52 Å². The summed E-state index contributed by atoms with van der Waals surface area (Å²) < 4.78 is 0. The van der Waals surface area contributed by atoms with Crippen LogP contribution in [0.5, 0.6) is 0 Å². The number of hydrogen-bond acceptors (Lipinski definition) is 4. The predicted octanol–water partition coefficient (Wildman–Crippen LogP) is 5.10. The number of nitrogens with zero attached hydrogens (tertiary/aromatic N) is 3.